The van der Waals surface area contributed by atoms with Gasteiger partial charge in [-0.15, -0.1) is 24.8 Å². The van der Waals surface area contributed by atoms with E-state index in [1.807, 2.05) is 60.7 Å². The smallest absolute Gasteiger partial charge is 0.407 e. The minimum atomic E-state index is -0.385. The molecule has 0 bridgehead atoms. The van der Waals surface area contributed by atoms with E-state index in [9.17, 15) is 9.59 Å². The normalized spacial score (nSPS) is 21.9. The fourth-order valence-corrected chi connectivity index (χ4v) is 3.24. The molecule has 10 heteroatoms. The average Bonchev–Trinajstić information content (AvgIpc) is 2.83. The zero-order valence-corrected chi connectivity index (χ0v) is 20.6. The molecule has 2 aliphatic carbocycles. The van der Waals surface area contributed by atoms with Crippen LogP contribution in [0.15, 0.2) is 60.7 Å². The number of hydrogen-bond acceptors (Lipinski definition) is 6. The lowest BCUT2D eigenvalue weighted by atomic mass is 9.87. The molecule has 0 aromatic heterocycles. The van der Waals surface area contributed by atoms with Gasteiger partial charge in [-0.1, -0.05) is 60.7 Å². The van der Waals surface area contributed by atoms with Crippen LogP contribution in [-0.2, 0) is 22.7 Å². The molecule has 2 aliphatic rings. The first-order valence-electron chi connectivity index (χ1n) is 11.0. The molecule has 34 heavy (non-hydrogen) atoms. The Hall–Kier alpha value is -2.52. The van der Waals surface area contributed by atoms with E-state index in [0.717, 1.165) is 36.8 Å². The number of alkyl carbamates (subject to hydrolysis) is 2. The summed E-state index contributed by atoms with van der Waals surface area (Å²) in [5.41, 5.74) is 13.4. The number of benzene rings is 2. The summed E-state index contributed by atoms with van der Waals surface area (Å²) < 4.78 is 10.2. The second-order valence-electron chi connectivity index (χ2n) is 8.11. The summed E-state index contributed by atoms with van der Waals surface area (Å²) in [5, 5.41) is 5.50. The molecule has 0 unspecified atom stereocenters. The number of rotatable bonds is 6. The molecule has 2 amide bonds. The van der Waals surface area contributed by atoms with Crippen molar-refractivity contribution in [2.24, 2.45) is 11.5 Å². The SMILES string of the molecule is Cl.Cl.N[C@@H]1CC[C@H]1NC(=O)OCc1ccccc1.N[C@H]1CC[C@@H]1NC(=O)OCc1ccccc1. The highest BCUT2D eigenvalue weighted by atomic mass is 35.5. The summed E-state index contributed by atoms with van der Waals surface area (Å²) in [6.45, 7) is 0.600. The first-order chi connectivity index (χ1) is 15.5. The second kappa shape index (κ2) is 15.4. The van der Waals surface area contributed by atoms with Crippen molar-refractivity contribution < 1.29 is 19.1 Å². The fourth-order valence-electron chi connectivity index (χ4n) is 3.24. The lowest BCUT2D eigenvalue weighted by Crippen LogP contribution is -2.54. The number of halogens is 2. The van der Waals surface area contributed by atoms with Crippen LogP contribution < -0.4 is 22.1 Å². The molecule has 188 valence electrons. The minimum Gasteiger partial charge on any atom is -0.445 e. The number of carbonyl (C=O) groups is 2. The van der Waals surface area contributed by atoms with Gasteiger partial charge in [-0.2, -0.15) is 0 Å². The third kappa shape index (κ3) is 9.77. The average molecular weight is 513 g/mol. The Kier molecular flexibility index (Phi) is 13.4. The van der Waals surface area contributed by atoms with Crippen molar-refractivity contribution in [1.29, 1.82) is 0 Å². The van der Waals surface area contributed by atoms with Gasteiger partial charge in [0.2, 0.25) is 0 Å². The van der Waals surface area contributed by atoms with E-state index in [4.69, 9.17) is 20.9 Å². The maximum Gasteiger partial charge on any atom is 0.407 e. The molecule has 2 aromatic carbocycles. The van der Waals surface area contributed by atoms with E-state index in [-0.39, 0.29) is 61.2 Å². The summed E-state index contributed by atoms with van der Waals surface area (Å²) in [6, 6.07) is 19.5. The summed E-state index contributed by atoms with van der Waals surface area (Å²) >= 11 is 0. The van der Waals surface area contributed by atoms with E-state index >= 15 is 0 Å². The van der Waals surface area contributed by atoms with Crippen molar-refractivity contribution in [1.82, 2.24) is 10.6 Å². The first-order valence-corrected chi connectivity index (χ1v) is 11.0. The van der Waals surface area contributed by atoms with E-state index in [1.165, 1.54) is 0 Å². The molecule has 0 radical (unpaired) electrons. The predicted molar refractivity (Wildman–Crippen MR) is 136 cm³/mol. The van der Waals surface area contributed by atoms with Gasteiger partial charge in [-0.25, -0.2) is 9.59 Å². The van der Waals surface area contributed by atoms with Crippen molar-refractivity contribution in [3.8, 4) is 0 Å². The Morgan fingerprint density at radius 1 is 0.676 bits per heavy atom. The van der Waals surface area contributed by atoms with Gasteiger partial charge in [0.25, 0.3) is 0 Å². The topological polar surface area (TPSA) is 129 Å². The summed E-state index contributed by atoms with van der Waals surface area (Å²) in [6.07, 6.45) is 3.07. The standard InChI is InChI=1S/2C12H16N2O2.2ClH/c2*13-10-6-7-11(10)14-12(15)16-8-9-4-2-1-3-5-9;;/h2*1-5,10-11H,6-8,13H2,(H,14,15);2*1H/t2*10-,11-;;/m10../s1. The van der Waals surface area contributed by atoms with E-state index < -0.39 is 0 Å². The van der Waals surface area contributed by atoms with Crippen molar-refractivity contribution in [3.63, 3.8) is 0 Å². The highest BCUT2D eigenvalue weighted by molar-refractivity contribution is 5.85. The Morgan fingerprint density at radius 2 is 1.03 bits per heavy atom. The van der Waals surface area contributed by atoms with Crippen molar-refractivity contribution in [3.05, 3.63) is 71.8 Å². The largest absolute Gasteiger partial charge is 0.445 e. The molecule has 4 rings (SSSR count). The van der Waals surface area contributed by atoms with Crippen molar-refractivity contribution in [2.75, 3.05) is 0 Å². The van der Waals surface area contributed by atoms with Crippen molar-refractivity contribution in [2.45, 2.75) is 63.1 Å². The fraction of sp³-hybridized carbons (Fsp3) is 0.417. The summed E-state index contributed by atoms with van der Waals surface area (Å²) in [7, 11) is 0. The number of amides is 2. The summed E-state index contributed by atoms with van der Waals surface area (Å²) in [4.78, 5) is 22.8. The number of nitrogens with two attached hydrogens (primary N) is 2. The predicted octanol–water partition coefficient (Wildman–Crippen LogP) is 3.65. The van der Waals surface area contributed by atoms with Gasteiger partial charge in [-0.05, 0) is 36.8 Å². The molecular weight excluding hydrogens is 479 g/mol. The molecule has 0 saturated heterocycles. The van der Waals surface area contributed by atoms with Gasteiger partial charge < -0.3 is 31.6 Å². The molecule has 4 atom stereocenters. The zero-order valence-electron chi connectivity index (χ0n) is 18.9. The third-order valence-electron chi connectivity index (χ3n) is 5.69. The molecule has 8 nitrogen and oxygen atoms in total. The molecular formula is C24H34Cl2N4O4. The molecule has 0 spiro atoms. The van der Waals surface area contributed by atoms with E-state index in [0.29, 0.717) is 13.2 Å². The first kappa shape index (κ1) is 29.5. The van der Waals surface area contributed by atoms with Gasteiger partial charge in [0.15, 0.2) is 0 Å². The molecule has 0 heterocycles. The summed E-state index contributed by atoms with van der Waals surface area (Å²) in [5.74, 6) is 0. The monoisotopic (exact) mass is 512 g/mol. The number of nitrogens with one attached hydrogen (secondary N) is 2. The van der Waals surface area contributed by atoms with Crippen LogP contribution in [0.1, 0.15) is 36.8 Å². The second-order valence-corrected chi connectivity index (χ2v) is 8.11. The van der Waals surface area contributed by atoms with Gasteiger partial charge >= 0.3 is 12.2 Å². The van der Waals surface area contributed by atoms with Crippen molar-refractivity contribution >= 4 is 37.0 Å². The van der Waals surface area contributed by atoms with Crippen LogP contribution in [0.2, 0.25) is 0 Å². The van der Waals surface area contributed by atoms with Crippen LogP contribution in [0, 0.1) is 0 Å². The van der Waals surface area contributed by atoms with Gasteiger partial charge in [-0.3, -0.25) is 0 Å². The maximum absolute atomic E-state index is 11.4. The molecule has 6 N–H and O–H groups in total. The van der Waals surface area contributed by atoms with E-state index in [2.05, 4.69) is 10.6 Å². The Balaban J connectivity index is 0.000000321. The maximum atomic E-state index is 11.4. The number of hydrogen-bond donors (Lipinski definition) is 4. The highest BCUT2D eigenvalue weighted by Gasteiger charge is 2.29. The highest BCUT2D eigenvalue weighted by Crippen LogP contribution is 2.18. The minimum absolute atomic E-state index is 0. The lowest BCUT2D eigenvalue weighted by molar-refractivity contribution is 0.126. The van der Waals surface area contributed by atoms with Gasteiger partial charge in [0.05, 0.1) is 0 Å². The van der Waals surface area contributed by atoms with Crippen LogP contribution in [-0.4, -0.2) is 36.4 Å². The van der Waals surface area contributed by atoms with Crippen LogP contribution in [0.4, 0.5) is 9.59 Å². The van der Waals surface area contributed by atoms with Crippen LogP contribution in [0.25, 0.3) is 0 Å². The van der Waals surface area contributed by atoms with Gasteiger partial charge in [0, 0.05) is 24.2 Å². The third-order valence-corrected chi connectivity index (χ3v) is 5.69. The Morgan fingerprint density at radius 3 is 1.29 bits per heavy atom. The number of carbonyl (C=O) groups excluding carboxylic acids is 2. The van der Waals surface area contributed by atoms with E-state index in [1.54, 1.807) is 0 Å². The quantitative estimate of drug-likeness (QED) is 0.467. The zero-order chi connectivity index (χ0) is 22.8. The molecule has 2 aromatic rings. The van der Waals surface area contributed by atoms with Crippen LogP contribution >= 0.6 is 24.8 Å². The molecule has 0 aliphatic heterocycles. The molecule has 2 saturated carbocycles. The Labute approximate surface area is 212 Å². The molecule has 2 fully saturated rings. The van der Waals surface area contributed by atoms with Crippen LogP contribution in [0.5, 0.6) is 0 Å². The lowest BCUT2D eigenvalue weighted by Gasteiger charge is -2.33. The van der Waals surface area contributed by atoms with Crippen LogP contribution in [0.3, 0.4) is 0 Å². The van der Waals surface area contributed by atoms with Gasteiger partial charge in [0.1, 0.15) is 13.2 Å². The number of ether oxygens (including phenoxy) is 2. The Bertz CT molecular complexity index is 789.